The summed E-state index contributed by atoms with van der Waals surface area (Å²) in [5, 5.41) is 11.9. The molecule has 1 aromatic heterocycles. The summed E-state index contributed by atoms with van der Waals surface area (Å²) < 4.78 is 30.1. The quantitative estimate of drug-likeness (QED) is 0.782. The average Bonchev–Trinajstić information content (AvgIpc) is 2.78. The highest BCUT2D eigenvalue weighted by Gasteiger charge is 2.15. The van der Waals surface area contributed by atoms with E-state index in [0.29, 0.717) is 33.7 Å². The fourth-order valence-electron chi connectivity index (χ4n) is 1.84. The second-order valence-electron chi connectivity index (χ2n) is 4.26. The molecule has 0 bridgehead atoms. The van der Waals surface area contributed by atoms with Gasteiger partial charge in [0.1, 0.15) is 5.76 Å². The molecule has 0 saturated carbocycles. The van der Waals surface area contributed by atoms with Crippen LogP contribution < -0.4 is 5.32 Å². The summed E-state index contributed by atoms with van der Waals surface area (Å²) in [5.74, 6) is -3.31. The summed E-state index contributed by atoms with van der Waals surface area (Å²) >= 11 is 0.453. The Hall–Kier alpha value is -2.02. The van der Waals surface area contributed by atoms with Crippen LogP contribution in [-0.2, 0) is 6.54 Å². The predicted octanol–water partition coefficient (Wildman–Crippen LogP) is 4.21. The number of hydrogen-bond donors (Lipinski definition) is 2. The maximum atomic E-state index is 12.5. The van der Waals surface area contributed by atoms with E-state index in [-0.39, 0.29) is 12.3 Å². The van der Waals surface area contributed by atoms with Crippen LogP contribution in [0.15, 0.2) is 39.6 Å². The van der Waals surface area contributed by atoms with Crippen molar-refractivity contribution < 1.29 is 23.1 Å². The molecule has 7 heteroatoms. The summed E-state index contributed by atoms with van der Waals surface area (Å²) in [7, 11) is 0. The first-order valence-electron chi connectivity index (χ1n) is 6.07. The summed E-state index contributed by atoms with van der Waals surface area (Å²) in [6.45, 7) is 1.85. The van der Waals surface area contributed by atoms with Gasteiger partial charge in [0.2, 0.25) is 5.76 Å². The maximum absolute atomic E-state index is 12.5. The minimum absolute atomic E-state index is 0.109. The predicted molar refractivity (Wildman–Crippen MR) is 76.0 cm³/mol. The Labute approximate surface area is 124 Å². The summed E-state index contributed by atoms with van der Waals surface area (Å²) in [5.41, 5.74) is 1.07. The third kappa shape index (κ3) is 3.98. The van der Waals surface area contributed by atoms with Gasteiger partial charge in [-0.3, -0.25) is 0 Å². The first kappa shape index (κ1) is 15.4. The number of furan rings is 1. The van der Waals surface area contributed by atoms with E-state index in [1.807, 2.05) is 0 Å². The topological polar surface area (TPSA) is 62.5 Å². The van der Waals surface area contributed by atoms with E-state index >= 15 is 0 Å². The smallest absolute Gasteiger partial charge is 0.372 e. The lowest BCUT2D eigenvalue weighted by molar-refractivity contribution is 0.0659. The van der Waals surface area contributed by atoms with Crippen LogP contribution in [0.5, 0.6) is 0 Å². The molecular weight excluding hydrogens is 300 g/mol. The standard InChI is InChI=1S/C14H13F2NO3S/c1-8-6-9(20-12(8)13(18)19)7-17-10-4-2-3-5-11(10)21-14(15)16/h2-6,14,17H,7H2,1H3,(H,18,19). The number of carboxylic acid groups (broad SMARTS) is 1. The van der Waals surface area contributed by atoms with Gasteiger partial charge in [0.25, 0.3) is 5.76 Å². The van der Waals surface area contributed by atoms with E-state index in [1.54, 1.807) is 37.3 Å². The van der Waals surface area contributed by atoms with Gasteiger partial charge in [-0.25, -0.2) is 4.79 Å². The van der Waals surface area contributed by atoms with E-state index in [4.69, 9.17) is 9.52 Å². The Morgan fingerprint density at radius 1 is 1.43 bits per heavy atom. The molecule has 112 valence electrons. The summed E-state index contributed by atoms with van der Waals surface area (Å²) in [4.78, 5) is 11.3. The zero-order valence-corrected chi connectivity index (χ0v) is 11.9. The normalized spacial score (nSPS) is 10.9. The molecule has 0 aliphatic carbocycles. The molecule has 0 saturated heterocycles. The van der Waals surface area contributed by atoms with Gasteiger partial charge in [-0.15, -0.1) is 0 Å². The maximum Gasteiger partial charge on any atom is 0.372 e. The molecular formula is C14H13F2NO3S. The molecule has 0 unspecified atom stereocenters. The van der Waals surface area contributed by atoms with E-state index < -0.39 is 11.7 Å². The lowest BCUT2D eigenvalue weighted by Gasteiger charge is -2.10. The first-order chi connectivity index (χ1) is 9.97. The van der Waals surface area contributed by atoms with E-state index in [1.165, 1.54) is 0 Å². The zero-order chi connectivity index (χ0) is 15.4. The van der Waals surface area contributed by atoms with E-state index in [0.717, 1.165) is 0 Å². The third-order valence-electron chi connectivity index (χ3n) is 2.72. The number of nitrogens with one attached hydrogen (secondary N) is 1. The van der Waals surface area contributed by atoms with Crippen molar-refractivity contribution in [2.24, 2.45) is 0 Å². The fraction of sp³-hybridized carbons (Fsp3) is 0.214. The number of aromatic carboxylic acids is 1. The van der Waals surface area contributed by atoms with Crippen LogP contribution in [0.1, 0.15) is 21.9 Å². The summed E-state index contributed by atoms with van der Waals surface area (Å²) in [6.07, 6.45) is 0. The van der Waals surface area contributed by atoms with Crippen molar-refractivity contribution in [3.05, 3.63) is 47.4 Å². The van der Waals surface area contributed by atoms with Crippen molar-refractivity contribution in [1.29, 1.82) is 0 Å². The Balaban J connectivity index is 2.09. The third-order valence-corrected chi connectivity index (χ3v) is 3.51. The number of rotatable bonds is 6. The fourth-order valence-corrected chi connectivity index (χ4v) is 2.46. The number of para-hydroxylation sites is 1. The van der Waals surface area contributed by atoms with Crippen LogP contribution in [0.3, 0.4) is 0 Å². The highest BCUT2D eigenvalue weighted by atomic mass is 32.2. The molecule has 0 fully saturated rings. The molecule has 0 aliphatic heterocycles. The van der Waals surface area contributed by atoms with Crippen molar-refractivity contribution in [3.63, 3.8) is 0 Å². The molecule has 2 N–H and O–H groups in total. The molecule has 0 aliphatic rings. The first-order valence-corrected chi connectivity index (χ1v) is 6.95. The molecule has 0 radical (unpaired) electrons. The average molecular weight is 313 g/mol. The van der Waals surface area contributed by atoms with E-state index in [2.05, 4.69) is 5.32 Å². The zero-order valence-electron chi connectivity index (χ0n) is 11.1. The Kier molecular flexibility index (Phi) is 4.85. The van der Waals surface area contributed by atoms with Crippen molar-refractivity contribution in [2.45, 2.75) is 24.1 Å². The van der Waals surface area contributed by atoms with Crippen LogP contribution in [0.2, 0.25) is 0 Å². The molecule has 21 heavy (non-hydrogen) atoms. The van der Waals surface area contributed by atoms with Crippen LogP contribution in [0, 0.1) is 6.92 Å². The number of benzene rings is 1. The number of aryl methyl sites for hydroxylation is 1. The van der Waals surface area contributed by atoms with Crippen LogP contribution >= 0.6 is 11.8 Å². The van der Waals surface area contributed by atoms with Gasteiger partial charge in [-0.1, -0.05) is 23.9 Å². The number of carboxylic acids is 1. The number of alkyl halides is 2. The van der Waals surface area contributed by atoms with Crippen LogP contribution in [-0.4, -0.2) is 16.8 Å². The number of carbonyl (C=O) groups is 1. The summed E-state index contributed by atoms with van der Waals surface area (Å²) in [6, 6.07) is 8.29. The molecule has 0 atom stereocenters. The molecule has 1 aromatic carbocycles. The molecule has 1 heterocycles. The van der Waals surface area contributed by atoms with Gasteiger partial charge >= 0.3 is 5.97 Å². The molecule has 0 amide bonds. The number of halogens is 2. The van der Waals surface area contributed by atoms with Gasteiger partial charge in [0.15, 0.2) is 0 Å². The van der Waals surface area contributed by atoms with Crippen LogP contribution in [0.4, 0.5) is 14.5 Å². The minimum Gasteiger partial charge on any atom is -0.475 e. The van der Waals surface area contributed by atoms with E-state index in [9.17, 15) is 13.6 Å². The van der Waals surface area contributed by atoms with Gasteiger partial charge in [0, 0.05) is 16.1 Å². The minimum atomic E-state index is -2.50. The van der Waals surface area contributed by atoms with Crippen molar-refractivity contribution >= 4 is 23.4 Å². The van der Waals surface area contributed by atoms with Crippen molar-refractivity contribution in [2.75, 3.05) is 5.32 Å². The van der Waals surface area contributed by atoms with Crippen LogP contribution in [0.25, 0.3) is 0 Å². The monoisotopic (exact) mass is 313 g/mol. The molecule has 2 rings (SSSR count). The number of thioether (sulfide) groups is 1. The Bertz CT molecular complexity index is 643. The van der Waals surface area contributed by atoms with Gasteiger partial charge < -0.3 is 14.8 Å². The largest absolute Gasteiger partial charge is 0.475 e. The number of hydrogen-bond acceptors (Lipinski definition) is 4. The van der Waals surface area contributed by atoms with Crippen molar-refractivity contribution in [3.8, 4) is 0 Å². The van der Waals surface area contributed by atoms with Gasteiger partial charge in [-0.05, 0) is 25.1 Å². The molecule has 4 nitrogen and oxygen atoms in total. The SMILES string of the molecule is Cc1cc(CNc2ccccc2SC(F)F)oc1C(=O)O. The lowest BCUT2D eigenvalue weighted by atomic mass is 10.2. The highest BCUT2D eigenvalue weighted by Crippen LogP contribution is 2.32. The second kappa shape index (κ2) is 6.62. The van der Waals surface area contributed by atoms with Crippen molar-refractivity contribution in [1.82, 2.24) is 0 Å². The highest BCUT2D eigenvalue weighted by molar-refractivity contribution is 7.99. The molecule has 2 aromatic rings. The Morgan fingerprint density at radius 3 is 2.76 bits per heavy atom. The Morgan fingerprint density at radius 2 is 2.14 bits per heavy atom. The molecule has 0 spiro atoms. The van der Waals surface area contributed by atoms with Gasteiger partial charge in [0.05, 0.1) is 6.54 Å². The second-order valence-corrected chi connectivity index (χ2v) is 5.29. The van der Waals surface area contributed by atoms with Gasteiger partial charge in [-0.2, -0.15) is 8.78 Å². The lowest BCUT2D eigenvalue weighted by Crippen LogP contribution is -2.00. The number of anilines is 1.